The Labute approximate surface area is 74.2 Å². The molecule has 3 N–H and O–H groups in total. The monoisotopic (exact) mass is 179 g/mol. The molecule has 4 heteroatoms. The van der Waals surface area contributed by atoms with Gasteiger partial charge in [0.15, 0.2) is 0 Å². The Kier molecular flexibility index (Phi) is 1.71. The van der Waals surface area contributed by atoms with Crippen LogP contribution in [0.25, 0.3) is 10.2 Å². The molecule has 0 fully saturated rings. The first-order valence-electron chi connectivity index (χ1n) is 3.63. The molecular weight excluding hydrogens is 170 g/mol. The van der Waals surface area contributed by atoms with E-state index in [1.807, 2.05) is 24.4 Å². The van der Waals surface area contributed by atoms with Crippen LogP contribution in [-0.2, 0) is 0 Å². The Morgan fingerprint density at radius 3 is 3.17 bits per heavy atom. The van der Waals surface area contributed by atoms with Crippen molar-refractivity contribution in [1.29, 1.82) is 0 Å². The molecule has 0 aliphatic carbocycles. The minimum absolute atomic E-state index is 0.951. The van der Waals surface area contributed by atoms with E-state index < -0.39 is 0 Å². The molecule has 2 rings (SSSR count). The fraction of sp³-hybridized carbons (Fsp3) is 0.125. The number of thiophene rings is 1. The highest BCUT2D eigenvalue weighted by Gasteiger charge is 2.02. The van der Waals surface area contributed by atoms with Crippen molar-refractivity contribution in [3.05, 3.63) is 23.2 Å². The van der Waals surface area contributed by atoms with Crippen LogP contribution in [0.2, 0.25) is 0 Å². The van der Waals surface area contributed by atoms with Crippen molar-refractivity contribution >= 4 is 27.2 Å². The second kappa shape index (κ2) is 2.73. The summed E-state index contributed by atoms with van der Waals surface area (Å²) in [6.07, 6.45) is 0. The van der Waals surface area contributed by atoms with Gasteiger partial charge >= 0.3 is 0 Å². The van der Waals surface area contributed by atoms with Gasteiger partial charge in [0.1, 0.15) is 0 Å². The van der Waals surface area contributed by atoms with Crippen LogP contribution in [0.5, 0.6) is 0 Å². The Bertz CT molecular complexity index is 408. The van der Waals surface area contributed by atoms with E-state index in [9.17, 15) is 0 Å². The van der Waals surface area contributed by atoms with E-state index in [0.29, 0.717) is 0 Å². The van der Waals surface area contributed by atoms with E-state index in [1.165, 1.54) is 0 Å². The number of pyridine rings is 1. The normalized spacial score (nSPS) is 10.5. The van der Waals surface area contributed by atoms with Crippen molar-refractivity contribution in [2.75, 3.05) is 5.43 Å². The van der Waals surface area contributed by atoms with Crippen molar-refractivity contribution in [1.82, 2.24) is 4.98 Å². The van der Waals surface area contributed by atoms with Crippen molar-refractivity contribution in [2.24, 2.45) is 5.84 Å². The predicted octanol–water partition coefficient (Wildman–Crippen LogP) is 1.89. The number of aryl methyl sites for hydroxylation is 1. The molecule has 0 aliphatic heterocycles. The summed E-state index contributed by atoms with van der Waals surface area (Å²) in [7, 11) is 0. The number of hydrogen-bond donors (Lipinski definition) is 2. The minimum Gasteiger partial charge on any atom is -0.323 e. The lowest BCUT2D eigenvalue weighted by molar-refractivity contribution is 1.25. The molecule has 62 valence electrons. The number of nitrogen functional groups attached to an aromatic ring is 1. The van der Waals surface area contributed by atoms with E-state index in [4.69, 9.17) is 5.84 Å². The lowest BCUT2D eigenvalue weighted by Crippen LogP contribution is -2.07. The molecule has 2 aromatic heterocycles. The smallest absolute Gasteiger partial charge is 0.0834 e. The summed E-state index contributed by atoms with van der Waals surface area (Å²) in [5.41, 5.74) is 5.61. The molecule has 0 saturated carbocycles. The fourth-order valence-electron chi connectivity index (χ4n) is 1.20. The van der Waals surface area contributed by atoms with Gasteiger partial charge in [-0.25, -0.2) is 0 Å². The number of hydrazine groups is 1. The summed E-state index contributed by atoms with van der Waals surface area (Å²) in [6, 6.07) is 3.94. The van der Waals surface area contributed by atoms with Gasteiger partial charge in [0.2, 0.25) is 0 Å². The number of nitrogens with two attached hydrogens (primary N) is 1. The van der Waals surface area contributed by atoms with Gasteiger partial charge in [-0.1, -0.05) is 0 Å². The van der Waals surface area contributed by atoms with Crippen molar-refractivity contribution in [3.8, 4) is 0 Å². The Morgan fingerprint density at radius 2 is 2.42 bits per heavy atom. The lowest BCUT2D eigenvalue weighted by Gasteiger charge is -2.01. The van der Waals surface area contributed by atoms with Gasteiger partial charge < -0.3 is 5.43 Å². The molecule has 12 heavy (non-hydrogen) atoms. The van der Waals surface area contributed by atoms with Crippen molar-refractivity contribution < 1.29 is 0 Å². The van der Waals surface area contributed by atoms with Gasteiger partial charge in [-0.15, -0.1) is 11.3 Å². The number of nitrogens with one attached hydrogen (secondary N) is 1. The maximum absolute atomic E-state index is 5.37. The third-order valence-electron chi connectivity index (χ3n) is 1.69. The van der Waals surface area contributed by atoms with Crippen LogP contribution in [0, 0.1) is 6.92 Å². The van der Waals surface area contributed by atoms with Crippen molar-refractivity contribution in [2.45, 2.75) is 6.92 Å². The van der Waals surface area contributed by atoms with Crippen LogP contribution >= 0.6 is 11.3 Å². The highest BCUT2D eigenvalue weighted by molar-refractivity contribution is 7.17. The lowest BCUT2D eigenvalue weighted by atomic mass is 10.3. The maximum atomic E-state index is 5.37. The summed E-state index contributed by atoms with van der Waals surface area (Å²) in [5, 5.41) is 2.01. The maximum Gasteiger partial charge on any atom is 0.0834 e. The first kappa shape index (κ1) is 7.52. The molecule has 0 saturated heterocycles. The van der Waals surface area contributed by atoms with Crippen LogP contribution in [0.4, 0.5) is 5.69 Å². The highest BCUT2D eigenvalue weighted by atomic mass is 32.1. The zero-order valence-electron chi connectivity index (χ0n) is 6.66. The zero-order chi connectivity index (χ0) is 8.55. The van der Waals surface area contributed by atoms with Gasteiger partial charge in [-0.2, -0.15) is 0 Å². The quantitative estimate of drug-likeness (QED) is 0.519. The largest absolute Gasteiger partial charge is 0.323 e. The first-order chi connectivity index (χ1) is 5.81. The second-order valence-corrected chi connectivity index (χ2v) is 3.51. The number of anilines is 1. The molecule has 0 amide bonds. The SMILES string of the molecule is Cc1cc(NN)c2sccc2n1. The first-order valence-corrected chi connectivity index (χ1v) is 4.50. The average Bonchev–Trinajstić information content (AvgIpc) is 2.50. The molecule has 0 unspecified atom stereocenters. The summed E-state index contributed by atoms with van der Waals surface area (Å²) in [6.45, 7) is 1.96. The predicted molar refractivity (Wildman–Crippen MR) is 52.2 cm³/mol. The van der Waals surface area contributed by atoms with E-state index in [-0.39, 0.29) is 0 Å². The van der Waals surface area contributed by atoms with Crippen LogP contribution in [-0.4, -0.2) is 4.98 Å². The topological polar surface area (TPSA) is 50.9 Å². The zero-order valence-corrected chi connectivity index (χ0v) is 7.48. The van der Waals surface area contributed by atoms with E-state index in [0.717, 1.165) is 21.6 Å². The van der Waals surface area contributed by atoms with E-state index in [1.54, 1.807) is 11.3 Å². The molecule has 0 aromatic carbocycles. The van der Waals surface area contributed by atoms with Gasteiger partial charge in [-0.3, -0.25) is 10.8 Å². The fourth-order valence-corrected chi connectivity index (χ4v) is 2.01. The summed E-state index contributed by atoms with van der Waals surface area (Å²) in [5.74, 6) is 5.37. The van der Waals surface area contributed by atoms with Crippen molar-refractivity contribution in [3.63, 3.8) is 0 Å². The molecule has 2 aromatic rings. The molecule has 2 heterocycles. The van der Waals surface area contributed by atoms with Gasteiger partial charge in [-0.05, 0) is 24.4 Å². The molecule has 0 radical (unpaired) electrons. The van der Waals surface area contributed by atoms with E-state index >= 15 is 0 Å². The second-order valence-electron chi connectivity index (χ2n) is 2.59. The summed E-state index contributed by atoms with van der Waals surface area (Å²) < 4.78 is 1.11. The molecule has 0 atom stereocenters. The molecule has 0 bridgehead atoms. The summed E-state index contributed by atoms with van der Waals surface area (Å²) >= 11 is 1.64. The number of hydrogen-bond acceptors (Lipinski definition) is 4. The molecule has 0 spiro atoms. The highest BCUT2D eigenvalue weighted by Crippen LogP contribution is 2.27. The third-order valence-corrected chi connectivity index (χ3v) is 2.63. The average molecular weight is 179 g/mol. The summed E-state index contributed by atoms with van der Waals surface area (Å²) in [4.78, 5) is 4.36. The molecular formula is C8H9N3S. The van der Waals surface area contributed by atoms with Crippen LogP contribution in [0.15, 0.2) is 17.5 Å². The third kappa shape index (κ3) is 1.05. The Hall–Kier alpha value is -1.13. The number of aromatic nitrogens is 1. The van der Waals surface area contributed by atoms with Crippen LogP contribution < -0.4 is 11.3 Å². The number of nitrogens with zero attached hydrogens (tertiary/aromatic N) is 1. The Morgan fingerprint density at radius 1 is 1.58 bits per heavy atom. The van der Waals surface area contributed by atoms with Gasteiger partial charge in [0.05, 0.1) is 15.9 Å². The minimum atomic E-state index is 0.951. The van der Waals surface area contributed by atoms with E-state index in [2.05, 4.69) is 10.4 Å². The van der Waals surface area contributed by atoms with Gasteiger partial charge in [0, 0.05) is 5.69 Å². The Balaban J connectivity index is 2.80. The molecule has 0 aliphatic rings. The number of fused-ring (bicyclic) bond motifs is 1. The van der Waals surface area contributed by atoms with Crippen LogP contribution in [0.1, 0.15) is 5.69 Å². The molecule has 3 nitrogen and oxygen atoms in total. The standard InChI is InChI=1S/C8H9N3S/c1-5-4-7(11-9)8-6(10-5)2-3-12-8/h2-4H,9H2,1H3,(H,10,11). The van der Waals surface area contributed by atoms with Crippen LogP contribution in [0.3, 0.4) is 0 Å². The number of rotatable bonds is 1. The van der Waals surface area contributed by atoms with Gasteiger partial charge in [0.25, 0.3) is 0 Å².